The molecule has 19 heavy (non-hydrogen) atoms. The Balaban J connectivity index is 2.18. The van der Waals surface area contributed by atoms with Crippen LogP contribution in [-0.4, -0.2) is 17.8 Å². The number of rotatable bonds is 4. The second-order valence-corrected chi connectivity index (χ2v) is 5.37. The molecule has 0 radical (unpaired) electrons. The van der Waals surface area contributed by atoms with E-state index in [9.17, 15) is 4.79 Å². The molecule has 0 atom stereocenters. The number of allylic oxidation sites excluding steroid dienone is 1. The SMILES string of the molecule is CNc1nc(C)c(C(=O)/C=C/c2cccc(Cl)c2)s1. The molecule has 1 aromatic carbocycles. The third-order valence-corrected chi connectivity index (χ3v) is 3.93. The summed E-state index contributed by atoms with van der Waals surface area (Å²) in [6.07, 6.45) is 3.30. The number of halogens is 1. The number of anilines is 1. The first-order valence-corrected chi connectivity index (χ1v) is 6.93. The summed E-state index contributed by atoms with van der Waals surface area (Å²) >= 11 is 7.25. The molecule has 0 saturated heterocycles. The first-order chi connectivity index (χ1) is 9.10. The van der Waals surface area contributed by atoms with E-state index in [1.54, 1.807) is 25.3 Å². The maximum atomic E-state index is 12.1. The molecule has 3 nitrogen and oxygen atoms in total. The Labute approximate surface area is 120 Å². The minimum Gasteiger partial charge on any atom is -0.365 e. The molecule has 0 spiro atoms. The Morgan fingerprint density at radius 3 is 2.89 bits per heavy atom. The lowest BCUT2D eigenvalue weighted by molar-refractivity contribution is 0.105. The minimum atomic E-state index is -0.0449. The van der Waals surface area contributed by atoms with Gasteiger partial charge in [-0.2, -0.15) is 0 Å². The molecular formula is C14H13ClN2OS. The molecule has 0 unspecified atom stereocenters. The van der Waals surface area contributed by atoms with Crippen LogP contribution < -0.4 is 5.32 Å². The van der Waals surface area contributed by atoms with E-state index >= 15 is 0 Å². The van der Waals surface area contributed by atoms with Crippen LogP contribution in [0.2, 0.25) is 5.02 Å². The fourth-order valence-corrected chi connectivity index (χ4v) is 2.63. The Bertz CT molecular complexity index is 634. The minimum absolute atomic E-state index is 0.0449. The molecule has 2 aromatic rings. The van der Waals surface area contributed by atoms with Crippen molar-refractivity contribution < 1.29 is 4.79 Å². The standard InChI is InChI=1S/C14H13ClN2OS/c1-9-13(19-14(16-2)17-9)12(18)7-6-10-4-3-5-11(15)8-10/h3-8H,1-2H3,(H,16,17)/b7-6+. The van der Waals surface area contributed by atoms with Gasteiger partial charge in [0.05, 0.1) is 10.6 Å². The molecule has 1 heterocycles. The zero-order valence-corrected chi connectivity index (χ0v) is 12.2. The van der Waals surface area contributed by atoms with Crippen LogP contribution in [0.1, 0.15) is 20.9 Å². The van der Waals surface area contributed by atoms with Crippen molar-refractivity contribution in [2.24, 2.45) is 0 Å². The lowest BCUT2D eigenvalue weighted by atomic mass is 10.2. The first-order valence-electron chi connectivity index (χ1n) is 5.73. The summed E-state index contributed by atoms with van der Waals surface area (Å²) in [6, 6.07) is 7.36. The molecule has 0 amide bonds. The van der Waals surface area contributed by atoms with Gasteiger partial charge >= 0.3 is 0 Å². The maximum absolute atomic E-state index is 12.1. The number of aromatic nitrogens is 1. The van der Waals surface area contributed by atoms with Gasteiger partial charge in [-0.3, -0.25) is 4.79 Å². The average molecular weight is 293 g/mol. The van der Waals surface area contributed by atoms with E-state index in [1.807, 2.05) is 25.1 Å². The Morgan fingerprint density at radius 1 is 1.47 bits per heavy atom. The largest absolute Gasteiger partial charge is 0.365 e. The van der Waals surface area contributed by atoms with Crippen molar-refractivity contribution in [3.63, 3.8) is 0 Å². The molecule has 5 heteroatoms. The van der Waals surface area contributed by atoms with E-state index in [0.717, 1.165) is 16.4 Å². The summed E-state index contributed by atoms with van der Waals surface area (Å²) in [7, 11) is 1.79. The van der Waals surface area contributed by atoms with E-state index in [-0.39, 0.29) is 5.78 Å². The van der Waals surface area contributed by atoms with Gasteiger partial charge in [0.1, 0.15) is 0 Å². The lowest BCUT2D eigenvalue weighted by Gasteiger charge is -1.94. The molecule has 0 fully saturated rings. The smallest absolute Gasteiger partial charge is 0.197 e. The van der Waals surface area contributed by atoms with Crippen molar-refractivity contribution in [3.8, 4) is 0 Å². The predicted octanol–water partition coefficient (Wildman–Crippen LogP) is 4.04. The van der Waals surface area contributed by atoms with Crippen LogP contribution in [0.4, 0.5) is 5.13 Å². The Morgan fingerprint density at radius 2 is 2.26 bits per heavy atom. The van der Waals surface area contributed by atoms with Crippen LogP contribution in [0.5, 0.6) is 0 Å². The van der Waals surface area contributed by atoms with Gasteiger partial charge in [-0.25, -0.2) is 4.98 Å². The third-order valence-electron chi connectivity index (χ3n) is 2.51. The zero-order valence-electron chi connectivity index (χ0n) is 10.6. The van der Waals surface area contributed by atoms with Gasteiger partial charge in [-0.15, -0.1) is 0 Å². The van der Waals surface area contributed by atoms with Crippen molar-refractivity contribution in [1.82, 2.24) is 4.98 Å². The number of hydrogen-bond acceptors (Lipinski definition) is 4. The molecule has 2 rings (SSSR count). The number of nitrogens with zero attached hydrogens (tertiary/aromatic N) is 1. The fraction of sp³-hybridized carbons (Fsp3) is 0.143. The molecule has 1 aromatic heterocycles. The summed E-state index contributed by atoms with van der Waals surface area (Å²) in [4.78, 5) is 17.0. The highest BCUT2D eigenvalue weighted by atomic mass is 35.5. The highest BCUT2D eigenvalue weighted by Gasteiger charge is 2.12. The van der Waals surface area contributed by atoms with Crippen LogP contribution >= 0.6 is 22.9 Å². The first kappa shape index (κ1) is 13.8. The Kier molecular flexibility index (Phi) is 4.35. The average Bonchev–Trinajstić information content (AvgIpc) is 2.77. The maximum Gasteiger partial charge on any atom is 0.197 e. The number of ketones is 1. The second kappa shape index (κ2) is 5.99. The van der Waals surface area contributed by atoms with Gasteiger partial charge in [0.2, 0.25) is 0 Å². The summed E-state index contributed by atoms with van der Waals surface area (Å²) in [5.41, 5.74) is 1.65. The van der Waals surface area contributed by atoms with Gasteiger partial charge in [0.15, 0.2) is 10.9 Å². The van der Waals surface area contributed by atoms with Crippen molar-refractivity contribution in [2.45, 2.75) is 6.92 Å². The number of aryl methyl sites for hydroxylation is 1. The van der Waals surface area contributed by atoms with Crippen molar-refractivity contribution in [2.75, 3.05) is 12.4 Å². The normalized spacial score (nSPS) is 10.9. The molecule has 0 saturated carbocycles. The number of carbonyl (C=O) groups is 1. The quantitative estimate of drug-likeness (QED) is 0.683. The van der Waals surface area contributed by atoms with Crippen LogP contribution in [-0.2, 0) is 0 Å². The van der Waals surface area contributed by atoms with Crippen molar-refractivity contribution >= 4 is 39.9 Å². The van der Waals surface area contributed by atoms with Crippen LogP contribution in [0.3, 0.4) is 0 Å². The van der Waals surface area contributed by atoms with E-state index in [1.165, 1.54) is 11.3 Å². The van der Waals surface area contributed by atoms with E-state index in [4.69, 9.17) is 11.6 Å². The monoisotopic (exact) mass is 292 g/mol. The van der Waals surface area contributed by atoms with Crippen molar-refractivity contribution in [1.29, 1.82) is 0 Å². The van der Waals surface area contributed by atoms with Crippen LogP contribution in [0.15, 0.2) is 30.3 Å². The van der Waals surface area contributed by atoms with Gasteiger partial charge in [-0.1, -0.05) is 41.1 Å². The third kappa shape index (κ3) is 3.43. The van der Waals surface area contributed by atoms with Gasteiger partial charge in [0.25, 0.3) is 0 Å². The molecule has 0 aliphatic rings. The molecule has 98 valence electrons. The van der Waals surface area contributed by atoms with Crippen LogP contribution in [0.25, 0.3) is 6.08 Å². The zero-order chi connectivity index (χ0) is 13.8. The summed E-state index contributed by atoms with van der Waals surface area (Å²) in [5.74, 6) is -0.0449. The topological polar surface area (TPSA) is 42.0 Å². The Hall–Kier alpha value is -1.65. The lowest BCUT2D eigenvalue weighted by Crippen LogP contribution is -1.93. The molecule has 0 aliphatic carbocycles. The second-order valence-electron chi connectivity index (χ2n) is 3.94. The van der Waals surface area contributed by atoms with Crippen molar-refractivity contribution in [3.05, 3.63) is 51.5 Å². The number of benzene rings is 1. The van der Waals surface area contributed by atoms with E-state index in [2.05, 4.69) is 10.3 Å². The number of carbonyl (C=O) groups excluding carboxylic acids is 1. The fourth-order valence-electron chi connectivity index (χ4n) is 1.59. The van der Waals surface area contributed by atoms with Gasteiger partial charge < -0.3 is 5.32 Å². The molecule has 0 aliphatic heterocycles. The molecular weight excluding hydrogens is 280 g/mol. The van der Waals surface area contributed by atoms with Crippen LogP contribution in [0, 0.1) is 6.92 Å². The van der Waals surface area contributed by atoms with Gasteiger partial charge in [-0.05, 0) is 30.7 Å². The predicted molar refractivity (Wildman–Crippen MR) is 81.2 cm³/mol. The van der Waals surface area contributed by atoms with E-state index in [0.29, 0.717) is 9.90 Å². The molecule has 1 N–H and O–H groups in total. The molecule has 0 bridgehead atoms. The number of hydrogen-bond donors (Lipinski definition) is 1. The highest BCUT2D eigenvalue weighted by molar-refractivity contribution is 7.17. The highest BCUT2D eigenvalue weighted by Crippen LogP contribution is 2.23. The number of thiazole rings is 1. The summed E-state index contributed by atoms with van der Waals surface area (Å²) < 4.78 is 0. The van der Waals surface area contributed by atoms with Gasteiger partial charge in [0, 0.05) is 12.1 Å². The van der Waals surface area contributed by atoms with E-state index < -0.39 is 0 Å². The summed E-state index contributed by atoms with van der Waals surface area (Å²) in [5, 5.41) is 4.34. The number of nitrogens with one attached hydrogen (secondary N) is 1. The summed E-state index contributed by atoms with van der Waals surface area (Å²) in [6.45, 7) is 1.83.